The molecule has 0 rings (SSSR count). The van der Waals surface area contributed by atoms with Crippen LogP contribution < -0.4 is 11.1 Å². The van der Waals surface area contributed by atoms with E-state index in [2.05, 4.69) is 22.5 Å². The van der Waals surface area contributed by atoms with Gasteiger partial charge in [-0.2, -0.15) is 0 Å². The van der Waals surface area contributed by atoms with Crippen LogP contribution in [-0.4, -0.2) is 33.3 Å². The molecule has 100 valence electrons. The lowest BCUT2D eigenvalue weighted by Crippen LogP contribution is -2.14. The molecule has 3 N–H and O–H groups in total. The molecule has 0 amide bonds. The van der Waals surface area contributed by atoms with E-state index in [0.717, 1.165) is 32.4 Å². The lowest BCUT2D eigenvalue weighted by atomic mass is 10.2. The quantitative estimate of drug-likeness (QED) is 0.266. The van der Waals surface area contributed by atoms with Crippen molar-refractivity contribution in [3.63, 3.8) is 0 Å². The molecule has 0 aromatic carbocycles. The van der Waals surface area contributed by atoms with E-state index in [4.69, 9.17) is 10.5 Å². The largest absolute Gasteiger partial charge is 0.469 e. The van der Waals surface area contributed by atoms with Gasteiger partial charge in [0.15, 0.2) is 0 Å². The van der Waals surface area contributed by atoms with Gasteiger partial charge >= 0.3 is 0 Å². The Hall–Kier alpha value is -1.03. The van der Waals surface area contributed by atoms with Crippen LogP contribution in [0.3, 0.4) is 0 Å². The molecule has 0 radical (unpaired) electrons. The molecule has 0 heterocycles. The van der Waals surface area contributed by atoms with Crippen LogP contribution in [0.4, 0.5) is 0 Å². The Morgan fingerprint density at radius 3 is 2.41 bits per heavy atom. The number of ether oxygens (including phenoxy) is 1. The van der Waals surface area contributed by atoms with Crippen molar-refractivity contribution in [1.29, 1.82) is 0 Å². The number of unbranched alkanes of at least 4 members (excludes halogenated alkanes) is 4. The molecule has 0 aromatic rings. The summed E-state index contributed by atoms with van der Waals surface area (Å²) in [6, 6.07) is 0.282. The summed E-state index contributed by atoms with van der Waals surface area (Å²) in [7, 11) is 3.53. The summed E-state index contributed by atoms with van der Waals surface area (Å²) >= 11 is 0. The zero-order valence-electron chi connectivity index (χ0n) is 11.2. The van der Waals surface area contributed by atoms with Crippen molar-refractivity contribution in [3.8, 4) is 0 Å². The SMILES string of the molecule is CNCCCC/C=C/CCCCN=C(N)OC. The highest BCUT2D eigenvalue weighted by atomic mass is 16.5. The first-order chi connectivity index (χ1) is 8.31. The van der Waals surface area contributed by atoms with Crippen LogP contribution in [0.1, 0.15) is 38.5 Å². The fraction of sp³-hybridized carbons (Fsp3) is 0.769. The third-order valence-electron chi connectivity index (χ3n) is 2.47. The Morgan fingerprint density at radius 1 is 1.18 bits per heavy atom. The first-order valence-electron chi connectivity index (χ1n) is 6.44. The third kappa shape index (κ3) is 12.9. The van der Waals surface area contributed by atoms with Crippen LogP contribution in [0.25, 0.3) is 0 Å². The smallest absolute Gasteiger partial charge is 0.281 e. The molecule has 0 aromatic heterocycles. The molecule has 0 unspecified atom stereocenters. The second-order valence-electron chi connectivity index (χ2n) is 3.99. The number of rotatable bonds is 10. The van der Waals surface area contributed by atoms with E-state index in [0.29, 0.717) is 0 Å². The van der Waals surface area contributed by atoms with E-state index in [1.54, 1.807) is 0 Å². The first kappa shape index (κ1) is 16.0. The molecule has 0 aliphatic heterocycles. The molecule has 0 fully saturated rings. The van der Waals surface area contributed by atoms with Crippen LogP contribution in [0.2, 0.25) is 0 Å². The van der Waals surface area contributed by atoms with Crippen LogP contribution in [0.5, 0.6) is 0 Å². The molecule has 0 saturated heterocycles. The summed E-state index contributed by atoms with van der Waals surface area (Å²) in [5, 5.41) is 3.15. The molecular weight excluding hydrogens is 214 g/mol. The minimum absolute atomic E-state index is 0.282. The number of aliphatic imine (C=N–C) groups is 1. The topological polar surface area (TPSA) is 59.6 Å². The Balaban J connectivity index is 3.19. The predicted molar refractivity (Wildman–Crippen MR) is 74.3 cm³/mol. The van der Waals surface area contributed by atoms with Gasteiger partial charge in [-0.1, -0.05) is 12.2 Å². The zero-order valence-corrected chi connectivity index (χ0v) is 11.2. The fourth-order valence-corrected chi connectivity index (χ4v) is 1.43. The monoisotopic (exact) mass is 241 g/mol. The Bertz CT molecular complexity index is 215. The molecule has 0 spiro atoms. The minimum atomic E-state index is 0.282. The van der Waals surface area contributed by atoms with Crippen LogP contribution in [0, 0.1) is 0 Å². The van der Waals surface area contributed by atoms with Gasteiger partial charge in [-0.15, -0.1) is 0 Å². The molecule has 0 aliphatic rings. The number of hydrogen-bond donors (Lipinski definition) is 2. The maximum atomic E-state index is 5.40. The maximum absolute atomic E-state index is 5.40. The maximum Gasteiger partial charge on any atom is 0.281 e. The van der Waals surface area contributed by atoms with Crippen molar-refractivity contribution in [2.45, 2.75) is 38.5 Å². The van der Waals surface area contributed by atoms with Crippen molar-refractivity contribution in [1.82, 2.24) is 5.32 Å². The summed E-state index contributed by atoms with van der Waals surface area (Å²) in [4.78, 5) is 4.05. The lowest BCUT2D eigenvalue weighted by molar-refractivity contribution is 0.394. The number of nitrogens with two attached hydrogens (primary N) is 1. The van der Waals surface area contributed by atoms with Gasteiger partial charge in [0.05, 0.1) is 7.11 Å². The summed E-state index contributed by atoms with van der Waals surface area (Å²) in [6.07, 6.45) is 11.6. The molecule has 0 bridgehead atoms. The lowest BCUT2D eigenvalue weighted by Gasteiger charge is -1.98. The number of nitrogens with one attached hydrogen (secondary N) is 1. The second-order valence-corrected chi connectivity index (χ2v) is 3.99. The average Bonchev–Trinajstić information content (AvgIpc) is 2.35. The van der Waals surface area contributed by atoms with Crippen LogP contribution in [0.15, 0.2) is 17.1 Å². The van der Waals surface area contributed by atoms with Crippen molar-refractivity contribution >= 4 is 6.02 Å². The van der Waals surface area contributed by atoms with E-state index in [1.807, 2.05) is 7.05 Å². The van der Waals surface area contributed by atoms with E-state index >= 15 is 0 Å². The average molecular weight is 241 g/mol. The molecule has 4 nitrogen and oxygen atoms in total. The summed E-state index contributed by atoms with van der Waals surface area (Å²) < 4.78 is 4.75. The summed E-state index contributed by atoms with van der Waals surface area (Å²) in [5.41, 5.74) is 5.40. The number of methoxy groups -OCH3 is 1. The Kier molecular flexibility index (Phi) is 12.2. The van der Waals surface area contributed by atoms with E-state index in [1.165, 1.54) is 26.4 Å². The predicted octanol–water partition coefficient (Wildman–Crippen LogP) is 2.06. The second kappa shape index (κ2) is 13.0. The first-order valence-corrected chi connectivity index (χ1v) is 6.44. The highest BCUT2D eigenvalue weighted by Crippen LogP contribution is 2.00. The number of allylic oxidation sites excluding steroid dienone is 2. The van der Waals surface area contributed by atoms with E-state index in [-0.39, 0.29) is 6.02 Å². The van der Waals surface area contributed by atoms with E-state index in [9.17, 15) is 0 Å². The number of hydrogen-bond acceptors (Lipinski definition) is 3. The van der Waals surface area contributed by atoms with Crippen molar-refractivity contribution in [2.75, 3.05) is 27.2 Å². The molecule has 0 saturated carbocycles. The van der Waals surface area contributed by atoms with Crippen molar-refractivity contribution < 1.29 is 4.74 Å². The molecule has 4 heteroatoms. The van der Waals surface area contributed by atoms with Gasteiger partial charge in [0.25, 0.3) is 6.02 Å². The van der Waals surface area contributed by atoms with Gasteiger partial charge in [0.1, 0.15) is 0 Å². The van der Waals surface area contributed by atoms with Crippen molar-refractivity contribution in [2.24, 2.45) is 10.7 Å². The van der Waals surface area contributed by atoms with Gasteiger partial charge < -0.3 is 15.8 Å². The summed E-state index contributed by atoms with van der Waals surface area (Å²) in [5.74, 6) is 0. The van der Waals surface area contributed by atoms with Crippen molar-refractivity contribution in [3.05, 3.63) is 12.2 Å². The van der Waals surface area contributed by atoms with E-state index < -0.39 is 0 Å². The van der Waals surface area contributed by atoms with Gasteiger partial charge in [-0.3, -0.25) is 0 Å². The molecular formula is C13H27N3O. The van der Waals surface area contributed by atoms with Crippen LogP contribution in [-0.2, 0) is 4.74 Å². The minimum Gasteiger partial charge on any atom is -0.469 e. The molecule has 0 aliphatic carbocycles. The standard InChI is InChI=1S/C13H27N3O/c1-15-11-9-7-5-3-4-6-8-10-12-16-13(14)17-2/h3-4,15H,5-12H2,1-2H3,(H2,14,16)/b4-3+. The number of amidine groups is 1. The van der Waals surface area contributed by atoms with Gasteiger partial charge in [-0.05, 0) is 52.1 Å². The highest BCUT2D eigenvalue weighted by molar-refractivity contribution is 5.71. The van der Waals surface area contributed by atoms with Gasteiger partial charge in [0, 0.05) is 6.54 Å². The van der Waals surface area contributed by atoms with Gasteiger partial charge in [-0.25, -0.2) is 4.99 Å². The normalized spacial score (nSPS) is 12.2. The summed E-state index contributed by atoms with van der Waals surface area (Å²) in [6.45, 7) is 1.88. The Morgan fingerprint density at radius 2 is 1.82 bits per heavy atom. The fourth-order valence-electron chi connectivity index (χ4n) is 1.43. The number of nitrogens with zero attached hydrogens (tertiary/aromatic N) is 1. The highest BCUT2D eigenvalue weighted by Gasteiger charge is 1.88. The van der Waals surface area contributed by atoms with Crippen LogP contribution >= 0.6 is 0 Å². The van der Waals surface area contributed by atoms with Gasteiger partial charge in [0.2, 0.25) is 0 Å². The molecule has 17 heavy (non-hydrogen) atoms. The molecule has 0 atom stereocenters. The Labute approximate surface area is 105 Å². The third-order valence-corrected chi connectivity index (χ3v) is 2.47. The zero-order chi connectivity index (χ0) is 12.8.